The van der Waals surface area contributed by atoms with Crippen LogP contribution in [-0.4, -0.2) is 33.3 Å². The van der Waals surface area contributed by atoms with Crippen LogP contribution in [0.2, 0.25) is 0 Å². The van der Waals surface area contributed by atoms with Gasteiger partial charge in [0.2, 0.25) is 0 Å². The number of aromatic amines is 1. The Balaban J connectivity index is 1.89. The van der Waals surface area contributed by atoms with Gasteiger partial charge in [0.1, 0.15) is 11.4 Å². The standard InChI is InChI=1S/C17H22N4O3S/c1-3-6-21-15(18)14(16(23)19-17(21)24)12(22)9-20-7-4-13-11(10(20)2)5-8-25-13/h5,8,10H,3-4,6-7,9,18H2,1-2H3,(H,19,23,24)/t10-/m1/s1. The highest BCUT2D eigenvalue weighted by Crippen LogP contribution is 2.32. The number of nitrogen functional groups attached to an aromatic ring is 1. The van der Waals surface area contributed by atoms with Crippen molar-refractivity contribution in [1.29, 1.82) is 0 Å². The number of ketones is 1. The molecule has 0 amide bonds. The molecule has 0 aromatic carbocycles. The second-order valence-corrected chi connectivity index (χ2v) is 7.29. The van der Waals surface area contributed by atoms with Crippen molar-refractivity contribution in [2.75, 3.05) is 18.8 Å². The smallest absolute Gasteiger partial charge is 0.329 e. The number of fused-ring (bicyclic) bond motifs is 1. The van der Waals surface area contributed by atoms with Crippen LogP contribution in [0.3, 0.4) is 0 Å². The Morgan fingerprint density at radius 2 is 2.20 bits per heavy atom. The van der Waals surface area contributed by atoms with E-state index >= 15 is 0 Å². The van der Waals surface area contributed by atoms with Crippen LogP contribution in [0.4, 0.5) is 5.82 Å². The molecule has 3 heterocycles. The number of hydrogen-bond donors (Lipinski definition) is 2. The van der Waals surface area contributed by atoms with Crippen LogP contribution in [0.1, 0.15) is 47.1 Å². The Kier molecular flexibility index (Phi) is 4.91. The molecule has 0 saturated heterocycles. The molecule has 25 heavy (non-hydrogen) atoms. The summed E-state index contributed by atoms with van der Waals surface area (Å²) in [6, 6.07) is 2.20. The van der Waals surface area contributed by atoms with Crippen LogP contribution in [-0.2, 0) is 13.0 Å². The molecule has 0 saturated carbocycles. The predicted molar refractivity (Wildman–Crippen MR) is 98.4 cm³/mol. The SMILES string of the molecule is CCCn1c(N)c(C(=O)CN2CCc3sccc3[C@H]2C)c(=O)[nH]c1=O. The van der Waals surface area contributed by atoms with Gasteiger partial charge in [-0.3, -0.25) is 24.0 Å². The van der Waals surface area contributed by atoms with Gasteiger partial charge in [0.25, 0.3) is 5.56 Å². The fraction of sp³-hybridized carbons (Fsp3) is 0.471. The van der Waals surface area contributed by atoms with Crippen molar-refractivity contribution in [3.05, 3.63) is 48.3 Å². The number of nitrogens with one attached hydrogen (secondary N) is 1. The molecule has 134 valence electrons. The highest BCUT2D eigenvalue weighted by Gasteiger charge is 2.28. The number of nitrogens with two attached hydrogens (primary N) is 1. The summed E-state index contributed by atoms with van der Waals surface area (Å²) >= 11 is 1.74. The molecule has 0 fully saturated rings. The predicted octanol–water partition coefficient (Wildman–Crippen LogP) is 1.39. The van der Waals surface area contributed by atoms with Crippen molar-refractivity contribution in [1.82, 2.24) is 14.5 Å². The number of H-pyrrole nitrogens is 1. The van der Waals surface area contributed by atoms with E-state index in [0.717, 1.165) is 13.0 Å². The van der Waals surface area contributed by atoms with Crippen molar-refractivity contribution in [3.8, 4) is 0 Å². The molecule has 7 nitrogen and oxygen atoms in total. The Labute approximate surface area is 149 Å². The number of rotatable bonds is 5. The third-order valence-electron chi connectivity index (χ3n) is 4.72. The summed E-state index contributed by atoms with van der Waals surface area (Å²) < 4.78 is 1.26. The summed E-state index contributed by atoms with van der Waals surface area (Å²) in [5.74, 6) is -0.393. The number of carbonyl (C=O) groups excluding carboxylic acids is 1. The summed E-state index contributed by atoms with van der Waals surface area (Å²) in [4.78, 5) is 42.4. The molecule has 0 unspecified atom stereocenters. The Bertz CT molecular complexity index is 911. The van der Waals surface area contributed by atoms with E-state index in [1.165, 1.54) is 15.0 Å². The topological polar surface area (TPSA) is 101 Å². The van der Waals surface area contributed by atoms with E-state index < -0.39 is 11.2 Å². The summed E-state index contributed by atoms with van der Waals surface area (Å²) in [6.07, 6.45) is 1.57. The van der Waals surface area contributed by atoms with Gasteiger partial charge >= 0.3 is 5.69 Å². The molecule has 0 radical (unpaired) electrons. The maximum atomic E-state index is 12.8. The van der Waals surface area contributed by atoms with Crippen LogP contribution < -0.4 is 17.0 Å². The maximum Gasteiger partial charge on any atom is 0.329 e. The number of anilines is 1. The van der Waals surface area contributed by atoms with E-state index in [4.69, 9.17) is 5.73 Å². The Morgan fingerprint density at radius 3 is 2.92 bits per heavy atom. The number of thiophene rings is 1. The zero-order valence-corrected chi connectivity index (χ0v) is 15.2. The van der Waals surface area contributed by atoms with Crippen LogP contribution in [0, 0.1) is 0 Å². The summed E-state index contributed by atoms with van der Waals surface area (Å²) in [5, 5.41) is 2.07. The molecule has 1 aliphatic rings. The van der Waals surface area contributed by atoms with Gasteiger partial charge in [-0.15, -0.1) is 11.3 Å². The molecule has 3 rings (SSSR count). The van der Waals surface area contributed by atoms with Gasteiger partial charge in [-0.25, -0.2) is 4.79 Å². The molecular weight excluding hydrogens is 340 g/mol. The fourth-order valence-electron chi connectivity index (χ4n) is 3.34. The van der Waals surface area contributed by atoms with Crippen LogP contribution in [0.15, 0.2) is 21.0 Å². The average molecular weight is 362 g/mol. The highest BCUT2D eigenvalue weighted by molar-refractivity contribution is 7.10. The third kappa shape index (κ3) is 3.19. The van der Waals surface area contributed by atoms with E-state index in [-0.39, 0.29) is 29.8 Å². The van der Waals surface area contributed by atoms with Gasteiger partial charge in [0.15, 0.2) is 5.78 Å². The fourth-order valence-corrected chi connectivity index (χ4v) is 4.31. The Morgan fingerprint density at radius 1 is 1.44 bits per heavy atom. The molecule has 0 bridgehead atoms. The lowest BCUT2D eigenvalue weighted by Gasteiger charge is -2.33. The van der Waals surface area contributed by atoms with Gasteiger partial charge in [-0.1, -0.05) is 6.92 Å². The number of carbonyl (C=O) groups is 1. The number of hydrogen-bond acceptors (Lipinski definition) is 6. The van der Waals surface area contributed by atoms with Gasteiger partial charge in [0, 0.05) is 24.0 Å². The van der Waals surface area contributed by atoms with Gasteiger partial charge < -0.3 is 5.73 Å². The lowest BCUT2D eigenvalue weighted by molar-refractivity contribution is 0.0890. The number of aromatic nitrogens is 2. The maximum absolute atomic E-state index is 12.8. The average Bonchev–Trinajstić information content (AvgIpc) is 3.03. The van der Waals surface area contributed by atoms with Crippen LogP contribution in [0.25, 0.3) is 0 Å². The van der Waals surface area contributed by atoms with Crippen molar-refractivity contribution in [2.24, 2.45) is 0 Å². The highest BCUT2D eigenvalue weighted by atomic mass is 32.1. The normalized spacial score (nSPS) is 17.4. The van der Waals surface area contributed by atoms with Crippen LogP contribution >= 0.6 is 11.3 Å². The first-order chi connectivity index (χ1) is 11.9. The second kappa shape index (κ2) is 6.97. The van der Waals surface area contributed by atoms with Crippen molar-refractivity contribution >= 4 is 22.9 Å². The van der Waals surface area contributed by atoms with Crippen molar-refractivity contribution in [3.63, 3.8) is 0 Å². The van der Waals surface area contributed by atoms with Crippen molar-refractivity contribution < 1.29 is 4.79 Å². The third-order valence-corrected chi connectivity index (χ3v) is 5.71. The van der Waals surface area contributed by atoms with E-state index in [2.05, 4.69) is 23.4 Å². The summed E-state index contributed by atoms with van der Waals surface area (Å²) in [6.45, 7) is 5.18. The minimum absolute atomic E-state index is 0.0403. The molecule has 2 aromatic rings. The molecule has 1 aliphatic heterocycles. The number of Topliss-reactive ketones (excluding diaryl/α,β-unsaturated/α-hetero) is 1. The minimum Gasteiger partial charge on any atom is -0.384 e. The molecule has 3 N–H and O–H groups in total. The zero-order valence-electron chi connectivity index (χ0n) is 14.4. The monoisotopic (exact) mass is 362 g/mol. The summed E-state index contributed by atoms with van der Waals surface area (Å²) in [5.41, 5.74) is 5.82. The van der Waals surface area contributed by atoms with E-state index in [9.17, 15) is 14.4 Å². The molecule has 8 heteroatoms. The lowest BCUT2D eigenvalue weighted by Crippen LogP contribution is -2.41. The second-order valence-electron chi connectivity index (χ2n) is 6.29. The molecule has 0 aliphatic carbocycles. The van der Waals surface area contributed by atoms with E-state index in [1.54, 1.807) is 11.3 Å². The van der Waals surface area contributed by atoms with Gasteiger partial charge in [-0.05, 0) is 36.8 Å². The molecule has 2 aromatic heterocycles. The van der Waals surface area contributed by atoms with Crippen LogP contribution in [0.5, 0.6) is 0 Å². The van der Waals surface area contributed by atoms with Gasteiger partial charge in [0.05, 0.1) is 6.54 Å². The lowest BCUT2D eigenvalue weighted by atomic mass is 10.0. The molecular formula is C17H22N4O3S. The Hall–Kier alpha value is -2.19. The largest absolute Gasteiger partial charge is 0.384 e. The van der Waals surface area contributed by atoms with Crippen molar-refractivity contribution in [2.45, 2.75) is 39.3 Å². The van der Waals surface area contributed by atoms with E-state index in [1.807, 2.05) is 11.8 Å². The minimum atomic E-state index is -0.708. The first kappa shape index (κ1) is 17.6. The molecule has 0 spiro atoms. The van der Waals surface area contributed by atoms with Gasteiger partial charge in [-0.2, -0.15) is 0 Å². The van der Waals surface area contributed by atoms with E-state index in [0.29, 0.717) is 13.0 Å². The summed E-state index contributed by atoms with van der Waals surface area (Å²) in [7, 11) is 0. The zero-order chi connectivity index (χ0) is 18.1. The quantitative estimate of drug-likeness (QED) is 0.783. The first-order valence-corrected chi connectivity index (χ1v) is 9.28. The first-order valence-electron chi connectivity index (χ1n) is 8.40. The number of nitrogens with zero attached hydrogens (tertiary/aromatic N) is 2. The molecule has 1 atom stereocenters.